The van der Waals surface area contributed by atoms with Crippen molar-refractivity contribution in [3.8, 4) is 16.9 Å². The van der Waals surface area contributed by atoms with Crippen molar-refractivity contribution < 1.29 is 4.74 Å². The van der Waals surface area contributed by atoms with Crippen LogP contribution in [0.15, 0.2) is 30.3 Å². The first kappa shape index (κ1) is 14.7. The first-order chi connectivity index (χ1) is 9.78. The van der Waals surface area contributed by atoms with Crippen LogP contribution < -0.4 is 10.1 Å². The van der Waals surface area contributed by atoms with Crippen molar-refractivity contribution in [2.75, 3.05) is 13.7 Å². The summed E-state index contributed by atoms with van der Waals surface area (Å²) in [6.07, 6.45) is 2.09. The van der Waals surface area contributed by atoms with Gasteiger partial charge in [-0.15, -0.1) is 12.4 Å². The maximum absolute atomic E-state index is 6.16. The number of rotatable bonds is 1. The number of nitrogens with one attached hydrogen (secondary N) is 1. The Morgan fingerprint density at radius 1 is 1.19 bits per heavy atom. The summed E-state index contributed by atoms with van der Waals surface area (Å²) in [5.41, 5.74) is 6.69. The molecule has 4 rings (SSSR count). The highest BCUT2D eigenvalue weighted by molar-refractivity contribution is 6.30. The fourth-order valence-corrected chi connectivity index (χ4v) is 3.75. The van der Waals surface area contributed by atoms with Crippen LogP contribution in [0.4, 0.5) is 0 Å². The maximum Gasteiger partial charge on any atom is 0.127 e. The van der Waals surface area contributed by atoms with Crippen LogP contribution in [0.3, 0.4) is 0 Å². The van der Waals surface area contributed by atoms with Crippen LogP contribution in [-0.2, 0) is 12.8 Å². The van der Waals surface area contributed by atoms with E-state index in [1.165, 1.54) is 27.8 Å². The largest absolute Gasteiger partial charge is 0.496 e. The smallest absolute Gasteiger partial charge is 0.127 e. The molecule has 2 aromatic carbocycles. The fourth-order valence-electron chi connectivity index (χ4n) is 3.56. The topological polar surface area (TPSA) is 21.3 Å². The summed E-state index contributed by atoms with van der Waals surface area (Å²) in [5.74, 6) is 0.959. The van der Waals surface area contributed by atoms with E-state index in [2.05, 4.69) is 29.6 Å². The summed E-state index contributed by atoms with van der Waals surface area (Å²) >= 11 is 6.16. The van der Waals surface area contributed by atoms with Gasteiger partial charge in [0.05, 0.1) is 7.11 Å². The minimum absolute atomic E-state index is 0. The normalized spacial score (nSPS) is 18.3. The molecule has 4 heteroatoms. The molecule has 0 spiro atoms. The van der Waals surface area contributed by atoms with Crippen molar-refractivity contribution in [2.24, 2.45) is 0 Å². The van der Waals surface area contributed by atoms with Gasteiger partial charge < -0.3 is 10.1 Å². The van der Waals surface area contributed by atoms with Crippen LogP contribution in [0.5, 0.6) is 5.75 Å². The third-order valence-corrected chi connectivity index (χ3v) is 4.65. The van der Waals surface area contributed by atoms with Crippen LogP contribution in [0.25, 0.3) is 11.1 Å². The van der Waals surface area contributed by atoms with Crippen molar-refractivity contribution in [2.45, 2.75) is 18.9 Å². The molecule has 2 nitrogen and oxygen atoms in total. The zero-order chi connectivity index (χ0) is 13.7. The van der Waals surface area contributed by atoms with Gasteiger partial charge in [0.1, 0.15) is 5.75 Å². The standard InChI is InChI=1S/C17H16ClNO.ClH/c1-20-15-5-2-10-6-7-19-14-9-11-8-12(18)3-4-13(11)17(15)16(10)14;/h2-5,8,14,19H,6-7,9H2,1H3;1H. The van der Waals surface area contributed by atoms with Crippen molar-refractivity contribution in [1.82, 2.24) is 5.32 Å². The Hall–Kier alpha value is -1.22. The first-order valence-electron chi connectivity index (χ1n) is 7.00. The molecule has 1 aliphatic carbocycles. The molecule has 0 amide bonds. The van der Waals surface area contributed by atoms with E-state index in [9.17, 15) is 0 Å². The molecule has 0 aromatic heterocycles. The Bertz CT molecular complexity index is 699. The summed E-state index contributed by atoms with van der Waals surface area (Å²) in [5, 5.41) is 4.43. The third-order valence-electron chi connectivity index (χ3n) is 4.41. The minimum atomic E-state index is 0. The molecule has 1 atom stereocenters. The molecular weight excluding hydrogens is 305 g/mol. The molecule has 110 valence electrons. The Morgan fingerprint density at radius 2 is 2.05 bits per heavy atom. The Morgan fingerprint density at radius 3 is 2.86 bits per heavy atom. The van der Waals surface area contributed by atoms with Gasteiger partial charge in [0.15, 0.2) is 0 Å². The Labute approximate surface area is 135 Å². The molecule has 2 aromatic rings. The average Bonchev–Trinajstić information content (AvgIpc) is 2.47. The lowest BCUT2D eigenvalue weighted by atomic mass is 9.77. The predicted octanol–water partition coefficient (Wildman–Crippen LogP) is 4.18. The van der Waals surface area contributed by atoms with E-state index in [-0.39, 0.29) is 12.4 Å². The summed E-state index contributed by atoms with van der Waals surface area (Å²) in [6.45, 7) is 1.04. The highest BCUT2D eigenvalue weighted by atomic mass is 35.5. The average molecular weight is 322 g/mol. The summed E-state index contributed by atoms with van der Waals surface area (Å²) in [7, 11) is 1.74. The van der Waals surface area contributed by atoms with Crippen molar-refractivity contribution in [3.63, 3.8) is 0 Å². The van der Waals surface area contributed by atoms with E-state index >= 15 is 0 Å². The van der Waals surface area contributed by atoms with Gasteiger partial charge in [0.25, 0.3) is 0 Å². The zero-order valence-corrected chi connectivity index (χ0v) is 13.4. The molecule has 1 aliphatic heterocycles. The van der Waals surface area contributed by atoms with E-state index in [1.807, 2.05) is 6.07 Å². The van der Waals surface area contributed by atoms with Crippen LogP contribution in [0, 0.1) is 0 Å². The lowest BCUT2D eigenvalue weighted by Gasteiger charge is -2.35. The summed E-state index contributed by atoms with van der Waals surface area (Å²) in [6, 6.07) is 10.9. The van der Waals surface area contributed by atoms with Gasteiger partial charge in [-0.2, -0.15) is 0 Å². The molecule has 2 aliphatic rings. The van der Waals surface area contributed by atoms with E-state index < -0.39 is 0 Å². The first-order valence-corrected chi connectivity index (χ1v) is 7.37. The van der Waals surface area contributed by atoms with Crippen LogP contribution in [0.2, 0.25) is 5.02 Å². The zero-order valence-electron chi connectivity index (χ0n) is 11.8. The van der Waals surface area contributed by atoms with E-state index in [4.69, 9.17) is 16.3 Å². The van der Waals surface area contributed by atoms with E-state index in [0.29, 0.717) is 6.04 Å². The Kier molecular flexibility index (Phi) is 3.87. The van der Waals surface area contributed by atoms with Crippen molar-refractivity contribution in [3.05, 3.63) is 52.0 Å². The fraction of sp³-hybridized carbons (Fsp3) is 0.294. The second kappa shape index (κ2) is 5.53. The number of halogens is 2. The molecule has 0 radical (unpaired) electrons. The molecule has 0 saturated carbocycles. The third kappa shape index (κ3) is 2.22. The lowest BCUT2D eigenvalue weighted by Crippen LogP contribution is -2.33. The minimum Gasteiger partial charge on any atom is -0.496 e. The van der Waals surface area contributed by atoms with Gasteiger partial charge in [-0.05, 0) is 59.8 Å². The summed E-state index contributed by atoms with van der Waals surface area (Å²) < 4.78 is 5.61. The molecule has 0 saturated heterocycles. The van der Waals surface area contributed by atoms with Gasteiger partial charge in [-0.3, -0.25) is 0 Å². The van der Waals surface area contributed by atoms with Crippen molar-refractivity contribution >= 4 is 24.0 Å². The highest BCUT2D eigenvalue weighted by Gasteiger charge is 2.31. The highest BCUT2D eigenvalue weighted by Crippen LogP contribution is 2.47. The molecular formula is C17H17Cl2NO. The molecule has 0 bridgehead atoms. The number of methoxy groups -OCH3 is 1. The monoisotopic (exact) mass is 321 g/mol. The molecule has 1 heterocycles. The van der Waals surface area contributed by atoms with Crippen LogP contribution in [0.1, 0.15) is 22.7 Å². The number of hydrogen-bond acceptors (Lipinski definition) is 2. The van der Waals surface area contributed by atoms with Crippen LogP contribution in [-0.4, -0.2) is 13.7 Å². The molecule has 1 unspecified atom stereocenters. The summed E-state index contributed by atoms with van der Waals surface area (Å²) in [4.78, 5) is 0. The van der Waals surface area contributed by atoms with Gasteiger partial charge >= 0.3 is 0 Å². The maximum atomic E-state index is 6.16. The number of benzene rings is 2. The predicted molar refractivity (Wildman–Crippen MR) is 88.8 cm³/mol. The number of hydrogen-bond donors (Lipinski definition) is 1. The van der Waals surface area contributed by atoms with Gasteiger partial charge in [0, 0.05) is 16.6 Å². The van der Waals surface area contributed by atoms with E-state index in [0.717, 1.165) is 30.2 Å². The van der Waals surface area contributed by atoms with Gasteiger partial charge in [-0.25, -0.2) is 0 Å². The van der Waals surface area contributed by atoms with Crippen molar-refractivity contribution in [1.29, 1.82) is 0 Å². The Balaban J connectivity index is 0.00000132. The number of fused-ring (bicyclic) bond motifs is 2. The second-order valence-corrected chi connectivity index (χ2v) is 5.91. The molecule has 1 N–H and O–H groups in total. The SMILES string of the molecule is COc1ccc2c3c1-c1ccc(Cl)cc1CC3NCC2.Cl. The van der Waals surface area contributed by atoms with Gasteiger partial charge in [0.2, 0.25) is 0 Å². The molecule has 0 fully saturated rings. The van der Waals surface area contributed by atoms with Crippen LogP contribution >= 0.6 is 24.0 Å². The molecule has 21 heavy (non-hydrogen) atoms. The second-order valence-electron chi connectivity index (χ2n) is 5.48. The van der Waals surface area contributed by atoms with Gasteiger partial charge in [-0.1, -0.05) is 23.7 Å². The number of ether oxygens (including phenoxy) is 1. The quantitative estimate of drug-likeness (QED) is 0.850. The van der Waals surface area contributed by atoms with E-state index in [1.54, 1.807) is 7.11 Å². The lowest BCUT2D eigenvalue weighted by molar-refractivity contribution is 0.412.